The number of hydrogen-bond donors (Lipinski definition) is 0. The molecule has 0 aromatic heterocycles. The summed E-state index contributed by atoms with van der Waals surface area (Å²) in [6, 6.07) is 0. The van der Waals surface area contributed by atoms with Gasteiger partial charge >= 0.3 is 0 Å². The minimum absolute atomic E-state index is 0.707. The molecule has 0 N–H and O–H groups in total. The maximum atomic E-state index is 2.83. The highest BCUT2D eigenvalue weighted by molar-refractivity contribution is 4.97. The first-order valence-corrected chi connectivity index (χ1v) is 12.6. The molecule has 2 nitrogen and oxygen atoms in total. The third kappa shape index (κ3) is 6.20. The predicted molar refractivity (Wildman–Crippen MR) is 118 cm³/mol. The summed E-state index contributed by atoms with van der Waals surface area (Å²) in [5, 5.41) is 0. The fourth-order valence-corrected chi connectivity index (χ4v) is 6.65. The second kappa shape index (κ2) is 10.6. The van der Waals surface area contributed by atoms with Crippen molar-refractivity contribution < 1.29 is 0 Å². The Kier molecular flexibility index (Phi) is 8.51. The van der Waals surface area contributed by atoms with E-state index in [-0.39, 0.29) is 0 Å². The first kappa shape index (κ1) is 21.6. The van der Waals surface area contributed by atoms with E-state index in [1.807, 2.05) is 0 Å². The third-order valence-electron chi connectivity index (χ3n) is 8.35. The molecule has 3 fully saturated rings. The first-order chi connectivity index (χ1) is 13.2. The van der Waals surface area contributed by atoms with Gasteiger partial charge in [0.2, 0.25) is 0 Å². The van der Waals surface area contributed by atoms with Crippen LogP contribution < -0.4 is 0 Å². The van der Waals surface area contributed by atoms with Gasteiger partial charge in [-0.05, 0) is 114 Å². The second-order valence-electron chi connectivity index (χ2n) is 10.5. The molecule has 0 aromatic rings. The van der Waals surface area contributed by atoms with Gasteiger partial charge in [0.15, 0.2) is 0 Å². The van der Waals surface area contributed by atoms with Crippen molar-refractivity contribution in [2.24, 2.45) is 10.8 Å². The van der Waals surface area contributed by atoms with Gasteiger partial charge in [0.05, 0.1) is 0 Å². The Morgan fingerprint density at radius 1 is 0.630 bits per heavy atom. The Labute approximate surface area is 170 Å². The van der Waals surface area contributed by atoms with Gasteiger partial charge in [-0.2, -0.15) is 0 Å². The lowest BCUT2D eigenvalue weighted by molar-refractivity contribution is 0.0646. The normalized spacial score (nSPS) is 26.0. The number of piperidine rings is 1. The lowest BCUT2D eigenvalue weighted by Crippen LogP contribution is -2.36. The Morgan fingerprint density at radius 3 is 1.89 bits per heavy atom. The van der Waals surface area contributed by atoms with E-state index in [0.717, 1.165) is 5.41 Å². The largest absolute Gasteiger partial charge is 0.303 e. The minimum Gasteiger partial charge on any atom is -0.303 e. The van der Waals surface area contributed by atoms with Gasteiger partial charge in [-0.25, -0.2) is 0 Å². The van der Waals surface area contributed by atoms with E-state index >= 15 is 0 Å². The zero-order valence-electron chi connectivity index (χ0n) is 18.7. The molecule has 0 bridgehead atoms. The molecule has 1 aliphatic carbocycles. The van der Waals surface area contributed by atoms with Gasteiger partial charge in [0, 0.05) is 6.54 Å². The summed E-state index contributed by atoms with van der Waals surface area (Å²) >= 11 is 0. The quantitative estimate of drug-likeness (QED) is 0.402. The van der Waals surface area contributed by atoms with Crippen molar-refractivity contribution in [1.82, 2.24) is 9.80 Å². The zero-order valence-corrected chi connectivity index (χ0v) is 18.7. The zero-order chi connectivity index (χ0) is 19.0. The van der Waals surface area contributed by atoms with E-state index < -0.39 is 0 Å². The summed E-state index contributed by atoms with van der Waals surface area (Å²) in [6.07, 6.45) is 22.0. The lowest BCUT2D eigenvalue weighted by Gasteiger charge is -2.45. The molecule has 1 spiro atoms. The summed E-state index contributed by atoms with van der Waals surface area (Å²) in [6.45, 7) is 13.1. The topological polar surface area (TPSA) is 6.48 Å². The van der Waals surface area contributed by atoms with Crippen molar-refractivity contribution in [3.63, 3.8) is 0 Å². The maximum absolute atomic E-state index is 2.83. The molecule has 0 unspecified atom stereocenters. The number of unbranched alkanes of at least 4 members (excludes halogenated alkanes) is 2. The van der Waals surface area contributed by atoms with Crippen LogP contribution in [-0.4, -0.2) is 49.1 Å². The van der Waals surface area contributed by atoms with Gasteiger partial charge < -0.3 is 9.80 Å². The van der Waals surface area contributed by atoms with Crippen molar-refractivity contribution in [3.05, 3.63) is 0 Å². The summed E-state index contributed by atoms with van der Waals surface area (Å²) < 4.78 is 0. The maximum Gasteiger partial charge on any atom is 0.00385 e. The summed E-state index contributed by atoms with van der Waals surface area (Å²) in [4.78, 5) is 5.53. The minimum atomic E-state index is 0.707. The molecule has 1 saturated carbocycles. The average molecular weight is 377 g/mol. The molecule has 158 valence electrons. The molecule has 0 aromatic carbocycles. The summed E-state index contributed by atoms with van der Waals surface area (Å²) in [5.74, 6) is 0. The monoisotopic (exact) mass is 376 g/mol. The smallest absolute Gasteiger partial charge is 0.00385 e. The van der Waals surface area contributed by atoms with Crippen LogP contribution in [-0.2, 0) is 0 Å². The van der Waals surface area contributed by atoms with Crippen LogP contribution in [0.15, 0.2) is 0 Å². The van der Waals surface area contributed by atoms with Crippen LogP contribution in [0.1, 0.15) is 110 Å². The first-order valence-electron chi connectivity index (χ1n) is 12.6. The molecule has 0 amide bonds. The third-order valence-corrected chi connectivity index (χ3v) is 8.35. The molecule has 2 heterocycles. The second-order valence-corrected chi connectivity index (χ2v) is 10.5. The van der Waals surface area contributed by atoms with Crippen LogP contribution in [0.3, 0.4) is 0 Å². The standard InChI is InChI=1S/C25H48N2/c1-3-11-24(12-4-2)13-15-25(16-14-24)17-22-27(23-25)21-10-6-9-20-26-18-7-5-8-19-26/h3-23H2,1-2H3. The van der Waals surface area contributed by atoms with Gasteiger partial charge in [-0.15, -0.1) is 0 Å². The molecular formula is C25H48N2. The van der Waals surface area contributed by atoms with Crippen molar-refractivity contribution in [3.8, 4) is 0 Å². The SMILES string of the molecule is CCCC1(CCC)CCC2(CCN(CCCCCN3CCCCC3)C2)CC1. The summed E-state index contributed by atoms with van der Waals surface area (Å²) in [5.41, 5.74) is 1.43. The molecule has 3 rings (SSSR count). The number of hydrogen-bond acceptors (Lipinski definition) is 2. The molecule has 27 heavy (non-hydrogen) atoms. The fraction of sp³-hybridized carbons (Fsp3) is 1.00. The summed E-state index contributed by atoms with van der Waals surface area (Å²) in [7, 11) is 0. The van der Waals surface area contributed by atoms with Gasteiger partial charge in [0.1, 0.15) is 0 Å². The molecule has 3 aliphatic rings. The van der Waals surface area contributed by atoms with E-state index in [9.17, 15) is 0 Å². The number of likely N-dealkylation sites (tertiary alicyclic amines) is 2. The van der Waals surface area contributed by atoms with Crippen LogP contribution in [0.25, 0.3) is 0 Å². The molecular weight excluding hydrogens is 328 g/mol. The van der Waals surface area contributed by atoms with Gasteiger partial charge in [-0.1, -0.05) is 39.5 Å². The lowest BCUT2D eigenvalue weighted by atomic mass is 9.60. The van der Waals surface area contributed by atoms with Crippen molar-refractivity contribution in [1.29, 1.82) is 0 Å². The van der Waals surface area contributed by atoms with Crippen LogP contribution in [0.5, 0.6) is 0 Å². The molecule has 0 radical (unpaired) electrons. The van der Waals surface area contributed by atoms with E-state index in [1.165, 1.54) is 136 Å². The fourth-order valence-electron chi connectivity index (χ4n) is 6.65. The number of nitrogens with zero attached hydrogens (tertiary/aromatic N) is 2. The van der Waals surface area contributed by atoms with Crippen molar-refractivity contribution >= 4 is 0 Å². The van der Waals surface area contributed by atoms with E-state index in [2.05, 4.69) is 23.6 Å². The van der Waals surface area contributed by atoms with Crippen molar-refractivity contribution in [2.75, 3.05) is 39.3 Å². The highest BCUT2D eigenvalue weighted by Gasteiger charge is 2.44. The Hall–Kier alpha value is -0.0800. The van der Waals surface area contributed by atoms with E-state index in [1.54, 1.807) is 0 Å². The molecule has 2 heteroatoms. The molecule has 0 atom stereocenters. The number of rotatable bonds is 10. The molecule has 2 saturated heterocycles. The highest BCUT2D eigenvalue weighted by Crippen LogP contribution is 2.53. The van der Waals surface area contributed by atoms with Crippen LogP contribution in [0.4, 0.5) is 0 Å². The average Bonchev–Trinajstić information content (AvgIpc) is 3.09. The Balaban J connectivity index is 1.31. The highest BCUT2D eigenvalue weighted by atomic mass is 15.2. The Bertz CT molecular complexity index is 397. The van der Waals surface area contributed by atoms with Crippen LogP contribution in [0.2, 0.25) is 0 Å². The predicted octanol–water partition coefficient (Wildman–Crippen LogP) is 6.50. The van der Waals surface area contributed by atoms with E-state index in [0.29, 0.717) is 5.41 Å². The van der Waals surface area contributed by atoms with Crippen LogP contribution >= 0.6 is 0 Å². The van der Waals surface area contributed by atoms with E-state index in [4.69, 9.17) is 0 Å². The van der Waals surface area contributed by atoms with Crippen molar-refractivity contribution in [2.45, 2.75) is 110 Å². The van der Waals surface area contributed by atoms with Gasteiger partial charge in [0.25, 0.3) is 0 Å². The Morgan fingerprint density at radius 2 is 1.26 bits per heavy atom. The van der Waals surface area contributed by atoms with Gasteiger partial charge in [-0.3, -0.25) is 0 Å². The molecule has 2 aliphatic heterocycles. The van der Waals surface area contributed by atoms with Crippen LogP contribution in [0, 0.1) is 10.8 Å².